The number of hydrogen-bond donors (Lipinski definition) is 1. The summed E-state index contributed by atoms with van der Waals surface area (Å²) in [7, 11) is 2.97. The molecule has 2 N–H and O–H groups in total. The number of nitro groups is 1. The van der Waals surface area contributed by atoms with Crippen molar-refractivity contribution in [2.24, 2.45) is 11.7 Å². The fourth-order valence-electron chi connectivity index (χ4n) is 5.19. The molecule has 188 valence electrons. The lowest BCUT2D eigenvalue weighted by Crippen LogP contribution is -2.34. The van der Waals surface area contributed by atoms with Crippen molar-refractivity contribution in [2.75, 3.05) is 0 Å². The zero-order valence-corrected chi connectivity index (χ0v) is 21.5. The van der Waals surface area contributed by atoms with Crippen LogP contribution in [0.4, 0.5) is 5.69 Å². The van der Waals surface area contributed by atoms with Crippen LogP contribution in [0.25, 0.3) is 0 Å². The highest BCUT2D eigenvalue weighted by Crippen LogP contribution is 2.45. The van der Waals surface area contributed by atoms with Crippen molar-refractivity contribution in [1.29, 1.82) is 0 Å². The van der Waals surface area contributed by atoms with Crippen LogP contribution in [0.15, 0.2) is 59.8 Å². The van der Waals surface area contributed by atoms with Crippen LogP contribution in [0.5, 0.6) is 0 Å². The summed E-state index contributed by atoms with van der Waals surface area (Å²) in [6, 6.07) is 13.5. The van der Waals surface area contributed by atoms with E-state index in [9.17, 15) is 24.5 Å². The van der Waals surface area contributed by atoms with Gasteiger partial charge in [-0.05, 0) is 65.3 Å². The number of aromatic nitrogens is 1. The lowest BCUT2D eigenvalue weighted by molar-refractivity contribution is -0.385. The van der Waals surface area contributed by atoms with E-state index in [1.807, 2.05) is 19.1 Å². The number of hydrogen-bond acceptors (Lipinski definition) is 8. The third-order valence-electron chi connectivity index (χ3n) is 6.98. The number of pyridine rings is 1. The van der Waals surface area contributed by atoms with Gasteiger partial charge in [0.25, 0.3) is 5.69 Å². The molecule has 0 bridgehead atoms. The number of fused-ring (bicyclic) bond motifs is 3. The van der Waals surface area contributed by atoms with Crippen molar-refractivity contribution in [1.82, 2.24) is 4.98 Å². The Morgan fingerprint density at radius 1 is 1.11 bits per heavy atom. The summed E-state index contributed by atoms with van der Waals surface area (Å²) in [5, 5.41) is 11.6. The van der Waals surface area contributed by atoms with E-state index in [0.29, 0.717) is 46.5 Å². The first-order valence-corrected chi connectivity index (χ1v) is 14.0. The average Bonchev–Trinajstić information content (AvgIpc) is 2.90. The van der Waals surface area contributed by atoms with Crippen LogP contribution < -0.4 is 5.73 Å². The second kappa shape index (κ2) is 10.1. The monoisotopic (exact) mass is 533 g/mol. The van der Waals surface area contributed by atoms with Gasteiger partial charge < -0.3 is 5.73 Å². The van der Waals surface area contributed by atoms with E-state index in [4.69, 9.17) is 5.73 Å². The van der Waals surface area contributed by atoms with E-state index in [-0.39, 0.29) is 40.2 Å². The van der Waals surface area contributed by atoms with Gasteiger partial charge in [0.05, 0.1) is 4.92 Å². The van der Waals surface area contributed by atoms with Gasteiger partial charge in [-0.1, -0.05) is 42.0 Å². The standard InChI is InChI=1S/C27H23N3O5S2/c1-14(36-37-24-9-7-16(13-29-24)30(34)35)10-21-19(27(28)33)8-6-15-11-22-23(12-20(15)21)26(32)18-5-3-2-4-17(18)25(22)31/h2-5,7,9,11-14,19,21H,6,8,10H2,1H3,(H2,28,33)/t14-,19?,21?/m0/s1. The number of benzene rings is 2. The van der Waals surface area contributed by atoms with Crippen molar-refractivity contribution < 1.29 is 19.3 Å². The predicted octanol–water partition coefficient (Wildman–Crippen LogP) is 5.12. The second-order valence-corrected chi connectivity index (χ2v) is 12.0. The fraction of sp³-hybridized carbons (Fsp3) is 0.259. The molecule has 1 aromatic heterocycles. The normalized spacial score (nSPS) is 18.9. The number of rotatable bonds is 7. The molecule has 2 unspecified atom stereocenters. The number of nitrogens with zero attached hydrogens (tertiary/aromatic N) is 2. The van der Waals surface area contributed by atoms with Gasteiger partial charge in [0, 0.05) is 39.5 Å². The van der Waals surface area contributed by atoms with E-state index < -0.39 is 4.92 Å². The molecule has 0 saturated carbocycles. The Kier molecular flexibility index (Phi) is 6.87. The van der Waals surface area contributed by atoms with E-state index in [2.05, 4.69) is 4.98 Å². The van der Waals surface area contributed by atoms with Gasteiger partial charge in [0.2, 0.25) is 5.91 Å². The molecular formula is C27H23N3O5S2. The van der Waals surface area contributed by atoms with E-state index in [1.165, 1.54) is 23.1 Å². The molecule has 3 atom stereocenters. The molecule has 8 nitrogen and oxygen atoms in total. The summed E-state index contributed by atoms with van der Waals surface area (Å²) in [6.45, 7) is 2.04. The second-order valence-electron chi connectivity index (χ2n) is 9.29. The molecule has 37 heavy (non-hydrogen) atoms. The molecule has 0 radical (unpaired) electrons. The fourth-order valence-corrected chi connectivity index (χ4v) is 7.27. The lowest BCUT2D eigenvalue weighted by Gasteiger charge is -2.34. The van der Waals surface area contributed by atoms with E-state index >= 15 is 0 Å². The number of primary amides is 1. The first-order valence-electron chi connectivity index (χ1n) is 11.8. The van der Waals surface area contributed by atoms with Gasteiger partial charge in [-0.15, -0.1) is 0 Å². The summed E-state index contributed by atoms with van der Waals surface area (Å²) >= 11 is 0. The Morgan fingerprint density at radius 3 is 2.38 bits per heavy atom. The molecule has 2 aliphatic carbocycles. The summed E-state index contributed by atoms with van der Waals surface area (Å²) in [5.41, 5.74) is 9.23. The zero-order chi connectivity index (χ0) is 26.3. The Labute approximate surface area is 221 Å². The molecule has 0 aliphatic heterocycles. The lowest BCUT2D eigenvalue weighted by atomic mass is 9.70. The molecule has 10 heteroatoms. The van der Waals surface area contributed by atoms with Gasteiger partial charge in [0.15, 0.2) is 11.6 Å². The molecule has 0 spiro atoms. The van der Waals surface area contributed by atoms with Crippen molar-refractivity contribution in [3.8, 4) is 0 Å². The maximum Gasteiger partial charge on any atom is 0.287 e. The zero-order valence-electron chi connectivity index (χ0n) is 19.9. The molecular weight excluding hydrogens is 510 g/mol. The average molecular weight is 534 g/mol. The molecule has 0 saturated heterocycles. The highest BCUT2D eigenvalue weighted by Gasteiger charge is 2.37. The highest BCUT2D eigenvalue weighted by atomic mass is 33.1. The summed E-state index contributed by atoms with van der Waals surface area (Å²) in [6.07, 6.45) is 3.05. The molecule has 5 rings (SSSR count). The predicted molar refractivity (Wildman–Crippen MR) is 142 cm³/mol. The van der Waals surface area contributed by atoms with Crippen LogP contribution in [0.1, 0.15) is 68.7 Å². The minimum Gasteiger partial charge on any atom is -0.369 e. The Balaban J connectivity index is 1.41. The highest BCUT2D eigenvalue weighted by molar-refractivity contribution is 8.76. The molecule has 0 fully saturated rings. The quantitative estimate of drug-likeness (QED) is 0.197. The van der Waals surface area contributed by atoms with Crippen molar-refractivity contribution in [3.63, 3.8) is 0 Å². The number of amides is 1. The minimum atomic E-state index is -0.489. The van der Waals surface area contributed by atoms with Crippen LogP contribution in [-0.4, -0.2) is 32.6 Å². The third kappa shape index (κ3) is 4.78. The molecule has 1 amide bonds. The Bertz CT molecular complexity index is 1440. The van der Waals surface area contributed by atoms with Gasteiger partial charge in [-0.25, -0.2) is 4.98 Å². The van der Waals surface area contributed by atoms with Crippen molar-refractivity contribution >= 4 is 44.7 Å². The Morgan fingerprint density at radius 2 is 1.78 bits per heavy atom. The molecule has 3 aromatic rings. The number of nitrogens with two attached hydrogens (primary N) is 1. The van der Waals surface area contributed by atoms with E-state index in [0.717, 1.165) is 11.1 Å². The van der Waals surface area contributed by atoms with E-state index in [1.54, 1.807) is 41.1 Å². The number of carbonyl (C=O) groups excluding carboxylic acids is 3. The Hall–Kier alpha value is -3.50. The molecule has 2 aromatic carbocycles. The van der Waals surface area contributed by atoms with Crippen LogP contribution >= 0.6 is 21.6 Å². The number of aryl methyl sites for hydroxylation is 1. The van der Waals surface area contributed by atoms with Crippen molar-refractivity contribution in [3.05, 3.63) is 98.2 Å². The van der Waals surface area contributed by atoms with Crippen LogP contribution in [-0.2, 0) is 11.2 Å². The first kappa shape index (κ1) is 25.2. The molecule has 2 aliphatic rings. The van der Waals surface area contributed by atoms with Gasteiger partial charge in [-0.2, -0.15) is 0 Å². The molecule has 1 heterocycles. The van der Waals surface area contributed by atoms with Crippen LogP contribution in [0.3, 0.4) is 0 Å². The SMILES string of the molecule is C[C@@H](CC1c2cc3c(cc2CCC1C(N)=O)C(=O)c1ccccc1C3=O)SSc1ccc([N+](=O)[O-])cn1. The topological polar surface area (TPSA) is 133 Å². The largest absolute Gasteiger partial charge is 0.369 e. The number of carbonyl (C=O) groups is 3. The first-order chi connectivity index (χ1) is 17.7. The summed E-state index contributed by atoms with van der Waals surface area (Å²) < 4.78 is 0. The minimum absolute atomic E-state index is 0.0653. The summed E-state index contributed by atoms with van der Waals surface area (Å²) in [4.78, 5) is 53.4. The maximum absolute atomic E-state index is 13.3. The van der Waals surface area contributed by atoms with Crippen LogP contribution in [0.2, 0.25) is 0 Å². The summed E-state index contributed by atoms with van der Waals surface area (Å²) in [5.74, 6) is -1.28. The van der Waals surface area contributed by atoms with Crippen LogP contribution in [0, 0.1) is 16.0 Å². The third-order valence-corrected chi connectivity index (χ3v) is 9.79. The maximum atomic E-state index is 13.3. The van der Waals surface area contributed by atoms with Gasteiger partial charge >= 0.3 is 0 Å². The van der Waals surface area contributed by atoms with Gasteiger partial charge in [0.1, 0.15) is 11.2 Å². The number of ketones is 2. The smallest absolute Gasteiger partial charge is 0.287 e. The van der Waals surface area contributed by atoms with Crippen molar-refractivity contribution in [2.45, 2.75) is 42.4 Å². The van der Waals surface area contributed by atoms with Gasteiger partial charge in [-0.3, -0.25) is 24.5 Å².